The molecule has 176 valence electrons. The van der Waals surface area contributed by atoms with E-state index in [1.54, 1.807) is 24.3 Å². The molecule has 0 aliphatic rings. The third-order valence-corrected chi connectivity index (χ3v) is 5.07. The van der Waals surface area contributed by atoms with E-state index in [-0.39, 0.29) is 17.4 Å². The van der Waals surface area contributed by atoms with Crippen LogP contribution < -0.4 is 10.6 Å². The van der Waals surface area contributed by atoms with Crippen LogP contribution >= 0.6 is 12.2 Å². The summed E-state index contributed by atoms with van der Waals surface area (Å²) in [6.07, 6.45) is -0.931. The van der Waals surface area contributed by atoms with Gasteiger partial charge in [0.2, 0.25) is 0 Å². The van der Waals surface area contributed by atoms with Gasteiger partial charge in [-0.05, 0) is 60.6 Å². The summed E-state index contributed by atoms with van der Waals surface area (Å²) >= 11 is 4.64. The fourth-order valence-electron chi connectivity index (χ4n) is 3.32. The van der Waals surface area contributed by atoms with Crippen molar-refractivity contribution in [1.29, 1.82) is 0 Å². The highest BCUT2D eigenvalue weighted by Crippen LogP contribution is 2.14. The molecule has 5 N–H and O–H groups in total. The van der Waals surface area contributed by atoms with Crippen LogP contribution in [0.15, 0.2) is 65.7 Å². The maximum Gasteiger partial charge on any atom is 0.354 e. The van der Waals surface area contributed by atoms with Crippen LogP contribution in [0.1, 0.15) is 39.4 Å². The molecule has 0 aliphatic heterocycles. The molecule has 2 aromatic heterocycles. The van der Waals surface area contributed by atoms with Gasteiger partial charge in [0.05, 0.1) is 27.9 Å². The number of rotatable bonds is 12. The molecule has 2 heterocycles. The molecule has 3 aromatic rings. The summed E-state index contributed by atoms with van der Waals surface area (Å²) in [4.78, 5) is 23.5. The largest absolute Gasteiger partial charge is 0.477 e. The Morgan fingerprint density at radius 3 is 2.38 bits per heavy atom. The number of carbonyl (C=O) groups is 1. The zero-order chi connectivity index (χ0) is 24.3. The fourth-order valence-corrected chi connectivity index (χ4v) is 3.43. The number of carboxylic acids is 1. The summed E-state index contributed by atoms with van der Waals surface area (Å²) in [6, 6.07) is 17.7. The third-order valence-electron chi connectivity index (χ3n) is 4.98. The monoisotopic (exact) mass is 479 g/mol. The Morgan fingerprint density at radius 1 is 1.00 bits per heavy atom. The van der Waals surface area contributed by atoms with Gasteiger partial charge in [0.15, 0.2) is 6.29 Å². The third kappa shape index (κ3) is 7.89. The highest BCUT2D eigenvalue weighted by atomic mass is 32.1. The van der Waals surface area contributed by atoms with Gasteiger partial charge in [-0.25, -0.2) is 9.78 Å². The van der Waals surface area contributed by atoms with E-state index < -0.39 is 12.3 Å². The van der Waals surface area contributed by atoms with Crippen molar-refractivity contribution in [1.82, 2.24) is 20.6 Å². The molecule has 10 heteroatoms. The van der Waals surface area contributed by atoms with Crippen molar-refractivity contribution < 1.29 is 20.1 Å². The van der Waals surface area contributed by atoms with Crippen molar-refractivity contribution in [2.45, 2.75) is 31.8 Å². The molecule has 0 unspecified atom stereocenters. The number of aliphatic hydroxyl groups is 2. The summed E-state index contributed by atoms with van der Waals surface area (Å²) in [5.41, 5.74) is 3.32. The maximum atomic E-state index is 11.1. The smallest absolute Gasteiger partial charge is 0.354 e. The highest BCUT2D eigenvalue weighted by molar-refractivity contribution is 7.78. The first-order chi connectivity index (χ1) is 16.4. The number of aromatic nitrogens is 2. The first-order valence-electron chi connectivity index (χ1n) is 10.6. The molecule has 0 radical (unpaired) electrons. The van der Waals surface area contributed by atoms with Gasteiger partial charge in [-0.2, -0.15) is 4.99 Å². The average Bonchev–Trinajstić information content (AvgIpc) is 2.84. The minimum Gasteiger partial charge on any atom is -0.477 e. The summed E-state index contributed by atoms with van der Waals surface area (Å²) < 4.78 is 0. The number of aliphatic imine (C=N–C) groups is 1. The molecule has 0 amide bonds. The van der Waals surface area contributed by atoms with Crippen LogP contribution in [0.4, 0.5) is 5.69 Å². The van der Waals surface area contributed by atoms with E-state index in [0.717, 1.165) is 11.3 Å². The lowest BCUT2D eigenvalue weighted by Gasteiger charge is -2.20. The van der Waals surface area contributed by atoms with Gasteiger partial charge in [-0.1, -0.05) is 24.3 Å². The van der Waals surface area contributed by atoms with Crippen molar-refractivity contribution in [2.75, 3.05) is 6.54 Å². The van der Waals surface area contributed by atoms with E-state index in [9.17, 15) is 15.0 Å². The normalized spacial score (nSPS) is 11.7. The lowest BCUT2D eigenvalue weighted by Crippen LogP contribution is -2.40. The van der Waals surface area contributed by atoms with Gasteiger partial charge in [-0.15, -0.1) is 0 Å². The predicted molar refractivity (Wildman–Crippen MR) is 130 cm³/mol. The van der Waals surface area contributed by atoms with E-state index in [2.05, 4.69) is 43.0 Å². The summed E-state index contributed by atoms with van der Waals surface area (Å²) in [5.74, 6) is -1.06. The van der Waals surface area contributed by atoms with E-state index in [1.165, 1.54) is 6.07 Å². The number of carboxylic acid groups (broad SMARTS) is 1. The molecule has 1 aromatic carbocycles. The molecule has 0 saturated heterocycles. The van der Waals surface area contributed by atoms with E-state index >= 15 is 0 Å². The molecule has 0 fully saturated rings. The minimum atomic E-state index is -1.62. The van der Waals surface area contributed by atoms with Crippen LogP contribution in [-0.4, -0.2) is 49.0 Å². The van der Waals surface area contributed by atoms with Crippen molar-refractivity contribution in [3.8, 4) is 0 Å². The molecule has 34 heavy (non-hydrogen) atoms. The predicted octanol–water partition coefficient (Wildman–Crippen LogP) is 2.38. The van der Waals surface area contributed by atoms with Crippen molar-refractivity contribution in [3.63, 3.8) is 0 Å². The van der Waals surface area contributed by atoms with Gasteiger partial charge in [-0.3, -0.25) is 4.98 Å². The number of pyridine rings is 2. The topological polar surface area (TPSA) is 140 Å². The number of thiocarbonyl (C=S) groups is 1. The zero-order valence-electron chi connectivity index (χ0n) is 18.3. The number of nitrogens with one attached hydrogen (secondary N) is 2. The van der Waals surface area contributed by atoms with Crippen LogP contribution in [0.25, 0.3) is 0 Å². The highest BCUT2D eigenvalue weighted by Gasteiger charge is 2.12. The van der Waals surface area contributed by atoms with Crippen LogP contribution in [0.3, 0.4) is 0 Å². The number of aromatic carboxylic acids is 1. The average molecular weight is 480 g/mol. The Labute approximate surface area is 202 Å². The van der Waals surface area contributed by atoms with Crippen LogP contribution in [-0.2, 0) is 19.5 Å². The summed E-state index contributed by atoms with van der Waals surface area (Å²) in [7, 11) is 0. The summed E-state index contributed by atoms with van der Waals surface area (Å²) in [6.45, 7) is 1.40. The second kappa shape index (κ2) is 12.8. The van der Waals surface area contributed by atoms with Gasteiger partial charge in [0.25, 0.3) is 0 Å². The van der Waals surface area contributed by atoms with E-state index in [4.69, 9.17) is 5.11 Å². The van der Waals surface area contributed by atoms with Crippen LogP contribution in [0, 0.1) is 0 Å². The van der Waals surface area contributed by atoms with E-state index in [0.29, 0.717) is 37.4 Å². The zero-order valence-corrected chi connectivity index (χ0v) is 19.1. The SMILES string of the molecule is O=C(O)c1cccc(CNC[C@H](Cc2ccc(N=C=S)cc2)NCc2cccc(C(O)O)n2)n1. The number of isothiocyanates is 1. The number of hydrogen-bond acceptors (Lipinski definition) is 9. The molecular weight excluding hydrogens is 454 g/mol. The Kier molecular flexibility index (Phi) is 9.48. The molecule has 0 aliphatic carbocycles. The summed E-state index contributed by atoms with van der Waals surface area (Å²) in [5, 5.41) is 37.0. The fraction of sp³-hybridized carbons (Fsp3) is 0.250. The Bertz CT molecular complexity index is 1150. The lowest BCUT2D eigenvalue weighted by molar-refractivity contribution is -0.0459. The maximum absolute atomic E-state index is 11.1. The first-order valence-corrected chi connectivity index (χ1v) is 11.0. The molecule has 0 spiro atoms. The number of aliphatic hydroxyl groups excluding tert-OH is 1. The van der Waals surface area contributed by atoms with Gasteiger partial charge in [0.1, 0.15) is 5.69 Å². The Morgan fingerprint density at radius 2 is 1.71 bits per heavy atom. The van der Waals surface area contributed by atoms with Crippen molar-refractivity contribution in [3.05, 3.63) is 89.0 Å². The molecular formula is C24H25N5O4S. The lowest BCUT2D eigenvalue weighted by atomic mass is 10.0. The number of benzene rings is 1. The van der Waals surface area contributed by atoms with Crippen LogP contribution in [0.2, 0.25) is 0 Å². The quantitative estimate of drug-likeness (QED) is 0.150. The minimum absolute atomic E-state index is 0.00470. The molecule has 0 saturated carbocycles. The Balaban J connectivity index is 1.66. The van der Waals surface area contributed by atoms with Gasteiger partial charge in [0, 0.05) is 25.7 Å². The number of hydrogen-bond donors (Lipinski definition) is 5. The van der Waals surface area contributed by atoms with Crippen molar-refractivity contribution >= 4 is 29.0 Å². The second-order valence-corrected chi connectivity index (χ2v) is 7.71. The standard InChI is InChI=1S/C24H25N5O4S/c30-23(31)21-5-1-3-18(28-21)12-25-13-20(11-16-7-9-17(10-8-16)27-15-34)26-14-19-4-2-6-22(29-19)24(32)33/h1-10,20,24-26,32-33H,11-14H2,(H,30,31)/t20-/m0/s1. The Hall–Kier alpha value is -3.37. The molecule has 3 rings (SSSR count). The van der Waals surface area contributed by atoms with E-state index in [1.807, 2.05) is 30.3 Å². The van der Waals surface area contributed by atoms with Crippen LogP contribution in [0.5, 0.6) is 0 Å². The molecule has 9 nitrogen and oxygen atoms in total. The number of nitrogens with zero attached hydrogens (tertiary/aromatic N) is 3. The molecule has 1 atom stereocenters. The van der Waals surface area contributed by atoms with Gasteiger partial charge < -0.3 is 26.0 Å². The van der Waals surface area contributed by atoms with Gasteiger partial charge >= 0.3 is 5.97 Å². The molecule has 0 bridgehead atoms. The second-order valence-electron chi connectivity index (χ2n) is 7.53. The van der Waals surface area contributed by atoms with Crippen molar-refractivity contribution in [2.24, 2.45) is 4.99 Å². The first kappa shape index (κ1) is 25.3.